The van der Waals surface area contributed by atoms with Crippen LogP contribution in [-0.4, -0.2) is 32.7 Å². The smallest absolute Gasteiger partial charge is 0.256 e. The first-order valence-corrected chi connectivity index (χ1v) is 12.0. The second-order valence-electron chi connectivity index (χ2n) is 7.20. The van der Waals surface area contributed by atoms with Gasteiger partial charge in [-0.1, -0.05) is 23.7 Å². The number of hydrogen-bond acceptors (Lipinski definition) is 6. The lowest BCUT2D eigenvalue weighted by molar-refractivity contribution is 0.102. The van der Waals surface area contributed by atoms with Gasteiger partial charge in [0, 0.05) is 17.5 Å². The third kappa shape index (κ3) is 4.92. The fourth-order valence-corrected chi connectivity index (χ4v) is 4.15. The predicted octanol–water partition coefficient (Wildman–Crippen LogP) is 5.33. The minimum Gasteiger partial charge on any atom is -0.497 e. The minimum absolute atomic E-state index is 0.106. The van der Waals surface area contributed by atoms with E-state index in [4.69, 9.17) is 20.8 Å². The topological polar surface area (TPSA) is 98.5 Å². The molecule has 0 spiro atoms. The molecule has 0 fully saturated rings. The molecule has 0 saturated heterocycles. The van der Waals surface area contributed by atoms with Crippen molar-refractivity contribution < 1.29 is 22.4 Å². The number of nitrogens with one attached hydrogen (secondary N) is 1. The number of methoxy groups -OCH3 is 1. The quantitative estimate of drug-likeness (QED) is 0.399. The molecule has 9 heteroatoms. The van der Waals surface area contributed by atoms with Crippen LogP contribution in [-0.2, 0) is 9.84 Å². The van der Waals surface area contributed by atoms with Crippen LogP contribution >= 0.6 is 11.6 Å². The lowest BCUT2D eigenvalue weighted by Gasteiger charge is -2.14. The zero-order chi connectivity index (χ0) is 23.6. The number of nitrogens with zero attached hydrogens (tertiary/aromatic N) is 1. The summed E-state index contributed by atoms with van der Waals surface area (Å²) in [7, 11) is -1.95. The zero-order valence-electron chi connectivity index (χ0n) is 17.7. The van der Waals surface area contributed by atoms with Gasteiger partial charge in [-0.2, -0.15) is 0 Å². The van der Waals surface area contributed by atoms with E-state index in [1.165, 1.54) is 37.8 Å². The Morgan fingerprint density at radius 3 is 2.58 bits per heavy atom. The molecule has 1 aromatic heterocycles. The van der Waals surface area contributed by atoms with Crippen molar-refractivity contribution in [1.82, 2.24) is 4.98 Å². The number of oxazole rings is 1. The number of amides is 1. The molecule has 1 amide bonds. The number of benzene rings is 3. The van der Waals surface area contributed by atoms with Crippen molar-refractivity contribution in [3.8, 4) is 28.3 Å². The third-order valence-corrected chi connectivity index (χ3v) is 6.37. The zero-order valence-corrected chi connectivity index (χ0v) is 19.3. The van der Waals surface area contributed by atoms with Crippen molar-refractivity contribution in [2.45, 2.75) is 4.90 Å². The van der Waals surface area contributed by atoms with Crippen LogP contribution in [0, 0.1) is 0 Å². The average molecular weight is 483 g/mol. The molecule has 0 atom stereocenters. The van der Waals surface area contributed by atoms with Crippen LogP contribution in [0.3, 0.4) is 0 Å². The lowest BCUT2D eigenvalue weighted by atomic mass is 9.98. The van der Waals surface area contributed by atoms with Gasteiger partial charge in [0.05, 0.1) is 28.8 Å². The summed E-state index contributed by atoms with van der Waals surface area (Å²) in [5.41, 5.74) is 2.39. The van der Waals surface area contributed by atoms with Gasteiger partial charge in [0.2, 0.25) is 5.89 Å². The first kappa shape index (κ1) is 22.6. The van der Waals surface area contributed by atoms with Crippen LogP contribution in [0.2, 0.25) is 5.02 Å². The van der Waals surface area contributed by atoms with Crippen molar-refractivity contribution in [2.75, 3.05) is 18.7 Å². The van der Waals surface area contributed by atoms with Crippen molar-refractivity contribution in [3.63, 3.8) is 0 Å². The molecule has 0 aliphatic carbocycles. The number of sulfone groups is 1. The van der Waals surface area contributed by atoms with Crippen LogP contribution in [0.15, 0.2) is 82.4 Å². The Balaban J connectivity index is 1.75. The standard InChI is InChI=1S/C24H19ClN2O5S/c1-31-17-5-3-4-15(12-17)20-14-18(33(2,29)30)7-8-19(20)23(28)27-16-6-9-22(25)21(13-16)24-26-10-11-32-24/h3-14H,1-2H3,(H,27,28). The van der Waals surface area contributed by atoms with Crippen LogP contribution in [0.5, 0.6) is 5.75 Å². The molecule has 1 heterocycles. The van der Waals surface area contributed by atoms with Gasteiger partial charge < -0.3 is 14.5 Å². The summed E-state index contributed by atoms with van der Waals surface area (Å²) >= 11 is 6.25. The number of hydrogen-bond donors (Lipinski definition) is 1. The van der Waals surface area contributed by atoms with Crippen LogP contribution in [0.25, 0.3) is 22.6 Å². The summed E-state index contributed by atoms with van der Waals surface area (Å²) in [5.74, 6) is 0.483. The van der Waals surface area contributed by atoms with Crippen LogP contribution < -0.4 is 10.1 Å². The Hall–Kier alpha value is -3.62. The SMILES string of the molecule is COc1cccc(-c2cc(S(C)(=O)=O)ccc2C(=O)Nc2ccc(Cl)c(-c3ncco3)c2)c1. The summed E-state index contributed by atoms with van der Waals surface area (Å²) < 4.78 is 34.9. The summed E-state index contributed by atoms with van der Waals surface area (Å²) in [4.78, 5) is 17.4. The minimum atomic E-state index is -3.48. The van der Waals surface area contributed by atoms with Crippen molar-refractivity contribution in [2.24, 2.45) is 0 Å². The van der Waals surface area contributed by atoms with Gasteiger partial charge in [0.1, 0.15) is 12.0 Å². The Bertz CT molecular complexity index is 1430. The Morgan fingerprint density at radius 2 is 1.88 bits per heavy atom. The molecule has 4 rings (SSSR count). The molecule has 0 radical (unpaired) electrons. The Morgan fingerprint density at radius 1 is 1.06 bits per heavy atom. The highest BCUT2D eigenvalue weighted by Crippen LogP contribution is 2.32. The van der Waals surface area contributed by atoms with Crippen LogP contribution in [0.1, 0.15) is 10.4 Å². The van der Waals surface area contributed by atoms with E-state index in [1.54, 1.807) is 42.5 Å². The van der Waals surface area contributed by atoms with Gasteiger partial charge in [-0.3, -0.25) is 4.79 Å². The molecule has 0 aliphatic heterocycles. The number of aromatic nitrogens is 1. The molecule has 0 bridgehead atoms. The normalized spacial score (nSPS) is 11.2. The number of anilines is 1. The van der Waals surface area contributed by atoms with Crippen molar-refractivity contribution in [3.05, 3.63) is 83.7 Å². The van der Waals surface area contributed by atoms with Gasteiger partial charge >= 0.3 is 0 Å². The number of ether oxygens (including phenoxy) is 1. The van der Waals surface area contributed by atoms with Crippen molar-refractivity contribution >= 4 is 33.0 Å². The van der Waals surface area contributed by atoms with E-state index in [-0.39, 0.29) is 4.90 Å². The Kier molecular flexibility index (Phi) is 6.22. The van der Waals surface area contributed by atoms with E-state index >= 15 is 0 Å². The molecule has 3 aromatic carbocycles. The first-order chi connectivity index (χ1) is 15.8. The number of halogens is 1. The predicted molar refractivity (Wildman–Crippen MR) is 126 cm³/mol. The maximum absolute atomic E-state index is 13.2. The maximum Gasteiger partial charge on any atom is 0.256 e. The van der Waals surface area contributed by atoms with Crippen LogP contribution in [0.4, 0.5) is 5.69 Å². The molecule has 0 unspecified atom stereocenters. The van der Waals surface area contributed by atoms with E-state index in [0.717, 1.165) is 6.26 Å². The molecule has 1 N–H and O–H groups in total. The van der Waals surface area contributed by atoms with E-state index in [1.807, 2.05) is 0 Å². The maximum atomic E-state index is 13.2. The highest BCUT2D eigenvalue weighted by atomic mass is 35.5. The van der Waals surface area contributed by atoms with Gasteiger partial charge in [0.25, 0.3) is 5.91 Å². The molecule has 4 aromatic rings. The monoisotopic (exact) mass is 482 g/mol. The lowest BCUT2D eigenvalue weighted by Crippen LogP contribution is -2.14. The third-order valence-electron chi connectivity index (χ3n) is 4.93. The van der Waals surface area contributed by atoms with Gasteiger partial charge in [0.15, 0.2) is 9.84 Å². The van der Waals surface area contributed by atoms with E-state index < -0.39 is 15.7 Å². The molecule has 0 aliphatic rings. The fraction of sp³-hybridized carbons (Fsp3) is 0.0833. The molecular formula is C24H19ClN2O5S. The first-order valence-electron chi connectivity index (χ1n) is 9.75. The van der Waals surface area contributed by atoms with E-state index in [9.17, 15) is 13.2 Å². The Labute approximate surface area is 195 Å². The summed E-state index contributed by atoms with van der Waals surface area (Å²) in [6.07, 6.45) is 4.05. The number of carbonyl (C=O) groups is 1. The molecule has 168 valence electrons. The largest absolute Gasteiger partial charge is 0.497 e. The van der Waals surface area contributed by atoms with Gasteiger partial charge in [-0.05, 0) is 59.7 Å². The van der Waals surface area contributed by atoms with Gasteiger partial charge in [-0.15, -0.1) is 0 Å². The van der Waals surface area contributed by atoms with E-state index in [2.05, 4.69) is 10.3 Å². The molecule has 0 saturated carbocycles. The summed E-state index contributed by atoms with van der Waals surface area (Å²) in [6, 6.07) is 16.4. The van der Waals surface area contributed by atoms with Crippen molar-refractivity contribution in [1.29, 1.82) is 0 Å². The summed E-state index contributed by atoms with van der Waals surface area (Å²) in [6.45, 7) is 0. The molecule has 7 nitrogen and oxygen atoms in total. The summed E-state index contributed by atoms with van der Waals surface area (Å²) in [5, 5.41) is 3.26. The average Bonchev–Trinajstić information content (AvgIpc) is 3.34. The number of carbonyl (C=O) groups excluding carboxylic acids is 1. The van der Waals surface area contributed by atoms with Gasteiger partial charge in [-0.25, -0.2) is 13.4 Å². The fourth-order valence-electron chi connectivity index (χ4n) is 3.30. The van der Waals surface area contributed by atoms with E-state index in [0.29, 0.717) is 44.6 Å². The highest BCUT2D eigenvalue weighted by Gasteiger charge is 2.18. The molecular weight excluding hydrogens is 464 g/mol. The molecule has 33 heavy (non-hydrogen) atoms. The second-order valence-corrected chi connectivity index (χ2v) is 9.62. The highest BCUT2D eigenvalue weighted by molar-refractivity contribution is 7.90. The second kappa shape index (κ2) is 9.09. The number of rotatable bonds is 6.